The monoisotopic (exact) mass is 464 g/mol. The number of benzene rings is 1. The van der Waals surface area contributed by atoms with Crippen LogP contribution in [0.3, 0.4) is 0 Å². The van der Waals surface area contributed by atoms with E-state index in [-0.39, 0.29) is 0 Å². The van der Waals surface area contributed by atoms with Crippen molar-refractivity contribution in [1.82, 2.24) is 34.5 Å². The second-order valence-corrected chi connectivity index (χ2v) is 7.86. The fourth-order valence-electron chi connectivity index (χ4n) is 4.16. The molecule has 0 spiro atoms. The van der Waals surface area contributed by atoms with Crippen LogP contribution in [0.1, 0.15) is 18.2 Å². The van der Waals surface area contributed by atoms with Crippen molar-refractivity contribution in [2.24, 2.45) is 0 Å². The van der Waals surface area contributed by atoms with Gasteiger partial charge in [-0.25, -0.2) is 19.6 Å². The molecule has 1 aliphatic rings. The molecule has 1 fully saturated rings. The van der Waals surface area contributed by atoms with Crippen LogP contribution < -0.4 is 5.32 Å². The highest BCUT2D eigenvalue weighted by atomic mass is 16.6. The van der Waals surface area contributed by atoms with Gasteiger partial charge in [-0.05, 0) is 24.3 Å². The molecule has 4 N–H and O–H groups in total. The van der Waals surface area contributed by atoms with Crippen LogP contribution in [-0.2, 0) is 4.74 Å². The molecular formula is C21H20N8O5. The maximum atomic E-state index is 10.4. The fourth-order valence-corrected chi connectivity index (χ4v) is 4.16. The Labute approximate surface area is 191 Å². The van der Waals surface area contributed by atoms with Crippen molar-refractivity contribution in [3.63, 3.8) is 0 Å². The third-order valence-electron chi connectivity index (χ3n) is 5.86. The molecule has 1 unspecified atom stereocenters. The Hall–Kier alpha value is -3.91. The lowest BCUT2D eigenvalue weighted by molar-refractivity contribution is -0.0511. The number of fused-ring (bicyclic) bond motifs is 2. The number of aromatic nitrogens is 7. The van der Waals surface area contributed by atoms with Gasteiger partial charge in [0.2, 0.25) is 0 Å². The smallest absolute Gasteiger partial charge is 0.182 e. The van der Waals surface area contributed by atoms with E-state index in [1.807, 2.05) is 30.3 Å². The van der Waals surface area contributed by atoms with Crippen molar-refractivity contribution in [2.75, 3.05) is 11.9 Å². The number of nitrogens with one attached hydrogen (secondary N) is 1. The molecule has 6 rings (SSSR count). The van der Waals surface area contributed by atoms with Crippen LogP contribution in [0.25, 0.3) is 22.2 Å². The Morgan fingerprint density at radius 2 is 1.94 bits per heavy atom. The summed E-state index contributed by atoms with van der Waals surface area (Å²) in [5.41, 5.74) is 2.29. The van der Waals surface area contributed by atoms with Crippen molar-refractivity contribution in [3.8, 4) is 0 Å². The van der Waals surface area contributed by atoms with Gasteiger partial charge in [0.1, 0.15) is 35.9 Å². The SMILES string of the molecule is OC[C@H]1O[C@@H](n2cnc3c(NC(c4ccco4)n4nnc5ccccc54)ncnc32)[C@H](O)[C@@H]1O. The number of para-hydroxylation sites is 1. The van der Waals surface area contributed by atoms with Crippen LogP contribution in [0.15, 0.2) is 59.7 Å². The highest BCUT2D eigenvalue weighted by Crippen LogP contribution is 2.33. The molecule has 4 aromatic heterocycles. The van der Waals surface area contributed by atoms with Gasteiger partial charge in [0.25, 0.3) is 0 Å². The predicted octanol–water partition coefficient (Wildman–Crippen LogP) is 0.434. The van der Waals surface area contributed by atoms with Gasteiger partial charge in [-0.15, -0.1) is 5.10 Å². The number of rotatable bonds is 6. The van der Waals surface area contributed by atoms with Crippen LogP contribution in [0.4, 0.5) is 5.82 Å². The lowest BCUT2D eigenvalue weighted by atomic mass is 10.1. The number of ether oxygens (including phenoxy) is 1. The summed E-state index contributed by atoms with van der Waals surface area (Å²) in [4.78, 5) is 13.1. The van der Waals surface area contributed by atoms with Crippen molar-refractivity contribution in [1.29, 1.82) is 0 Å². The van der Waals surface area contributed by atoms with Gasteiger partial charge in [0, 0.05) is 0 Å². The Morgan fingerprint density at radius 1 is 1.06 bits per heavy atom. The first-order chi connectivity index (χ1) is 16.7. The summed E-state index contributed by atoms with van der Waals surface area (Å²) in [6.07, 6.45) is -0.634. The normalized spacial score (nSPS) is 23.6. The molecule has 1 saturated heterocycles. The van der Waals surface area contributed by atoms with Crippen LogP contribution in [0.5, 0.6) is 0 Å². The zero-order valence-corrected chi connectivity index (χ0v) is 17.6. The molecule has 13 nitrogen and oxygen atoms in total. The highest BCUT2D eigenvalue weighted by Gasteiger charge is 2.44. The summed E-state index contributed by atoms with van der Waals surface area (Å²) < 4.78 is 14.5. The Balaban J connectivity index is 1.40. The largest absolute Gasteiger partial charge is 0.465 e. The molecule has 13 heteroatoms. The fraction of sp³-hybridized carbons (Fsp3) is 0.286. The zero-order valence-electron chi connectivity index (χ0n) is 17.6. The lowest BCUT2D eigenvalue weighted by Gasteiger charge is -2.19. The van der Waals surface area contributed by atoms with E-state index in [2.05, 4.69) is 30.6 Å². The minimum atomic E-state index is -1.27. The van der Waals surface area contributed by atoms with Gasteiger partial charge in [-0.1, -0.05) is 17.3 Å². The van der Waals surface area contributed by atoms with E-state index < -0.39 is 37.3 Å². The second-order valence-electron chi connectivity index (χ2n) is 7.86. The van der Waals surface area contributed by atoms with Crippen molar-refractivity contribution in [3.05, 3.63) is 61.1 Å². The topological polar surface area (TPSA) is 169 Å². The highest BCUT2D eigenvalue weighted by molar-refractivity contribution is 5.83. The number of hydrogen-bond acceptors (Lipinski definition) is 11. The van der Waals surface area contributed by atoms with Crippen LogP contribution in [0, 0.1) is 0 Å². The quantitative estimate of drug-likeness (QED) is 0.275. The van der Waals surface area contributed by atoms with E-state index in [4.69, 9.17) is 9.15 Å². The average molecular weight is 464 g/mol. The predicted molar refractivity (Wildman–Crippen MR) is 116 cm³/mol. The molecule has 5 heterocycles. The molecule has 174 valence electrons. The van der Waals surface area contributed by atoms with Gasteiger partial charge < -0.3 is 29.8 Å². The lowest BCUT2D eigenvalue weighted by Crippen LogP contribution is -2.33. The summed E-state index contributed by atoms with van der Waals surface area (Å²) in [6.45, 7) is -0.431. The number of aliphatic hydroxyl groups excluding tert-OH is 3. The molecule has 0 saturated carbocycles. The number of imidazole rings is 1. The molecule has 1 aliphatic heterocycles. The van der Waals surface area contributed by atoms with E-state index in [0.717, 1.165) is 11.0 Å². The van der Waals surface area contributed by atoms with E-state index in [1.54, 1.807) is 17.0 Å². The maximum Gasteiger partial charge on any atom is 0.182 e. The van der Waals surface area contributed by atoms with E-state index in [9.17, 15) is 15.3 Å². The van der Waals surface area contributed by atoms with Crippen LogP contribution >= 0.6 is 0 Å². The Morgan fingerprint density at radius 3 is 2.74 bits per heavy atom. The molecule has 0 bridgehead atoms. The third-order valence-corrected chi connectivity index (χ3v) is 5.86. The molecule has 5 aromatic rings. The number of furan rings is 1. The third kappa shape index (κ3) is 3.21. The minimum Gasteiger partial charge on any atom is -0.465 e. The number of anilines is 1. The van der Waals surface area contributed by atoms with E-state index in [1.165, 1.54) is 17.2 Å². The van der Waals surface area contributed by atoms with Crippen LogP contribution in [-0.4, -0.2) is 74.8 Å². The molecule has 5 atom stereocenters. The summed E-state index contributed by atoms with van der Waals surface area (Å²) in [7, 11) is 0. The summed E-state index contributed by atoms with van der Waals surface area (Å²) >= 11 is 0. The molecule has 34 heavy (non-hydrogen) atoms. The first-order valence-electron chi connectivity index (χ1n) is 10.6. The standard InChI is InChI=1S/C21H20N8O5/c30-8-14-16(31)17(32)21(34-14)28-10-24-15-18(22-9-23-20(15)28)25-19(13-6-3-7-33-13)29-12-5-2-1-4-11(12)26-27-29/h1-7,9-10,14,16-17,19,21,30-32H,8H2,(H,22,23,25)/t14-,16-,17-,19?,21-/m1/s1. The molecule has 0 radical (unpaired) electrons. The van der Waals surface area contributed by atoms with Gasteiger partial charge >= 0.3 is 0 Å². The molecule has 0 amide bonds. The number of nitrogens with zero attached hydrogens (tertiary/aromatic N) is 7. The average Bonchev–Trinajstić information content (AvgIpc) is 3.65. The number of aliphatic hydroxyl groups is 3. The first-order valence-corrected chi connectivity index (χ1v) is 10.6. The van der Waals surface area contributed by atoms with Crippen molar-refractivity contribution >= 4 is 28.0 Å². The maximum absolute atomic E-state index is 10.4. The Kier molecular flexibility index (Phi) is 4.95. The molecular weight excluding hydrogens is 444 g/mol. The van der Waals surface area contributed by atoms with Gasteiger partial charge in [0.15, 0.2) is 29.4 Å². The Bertz CT molecular complexity index is 1430. The van der Waals surface area contributed by atoms with E-state index in [0.29, 0.717) is 22.7 Å². The van der Waals surface area contributed by atoms with Gasteiger partial charge in [-0.2, -0.15) is 0 Å². The van der Waals surface area contributed by atoms with Crippen molar-refractivity contribution < 1.29 is 24.5 Å². The zero-order chi connectivity index (χ0) is 23.2. The van der Waals surface area contributed by atoms with Gasteiger partial charge in [0.05, 0.1) is 24.7 Å². The summed E-state index contributed by atoms with van der Waals surface area (Å²) in [5, 5.41) is 41.8. The number of hydrogen-bond donors (Lipinski definition) is 4. The van der Waals surface area contributed by atoms with Gasteiger partial charge in [-0.3, -0.25) is 4.57 Å². The molecule has 0 aliphatic carbocycles. The minimum absolute atomic E-state index is 0.369. The van der Waals surface area contributed by atoms with Crippen LogP contribution in [0.2, 0.25) is 0 Å². The first kappa shape index (κ1) is 20.7. The summed E-state index contributed by atoms with van der Waals surface area (Å²) in [6, 6.07) is 11.1. The molecule has 1 aromatic carbocycles. The second kappa shape index (κ2) is 8.14. The van der Waals surface area contributed by atoms with E-state index >= 15 is 0 Å². The summed E-state index contributed by atoms with van der Waals surface area (Å²) in [5.74, 6) is 0.960. The van der Waals surface area contributed by atoms with Crippen molar-refractivity contribution in [2.45, 2.75) is 30.7 Å².